The number of benzene rings is 2. The average molecular weight is 466 g/mol. The fourth-order valence-corrected chi connectivity index (χ4v) is 4.69. The lowest BCUT2D eigenvalue weighted by molar-refractivity contribution is -0.137. The molecule has 8 nitrogen and oxygen atoms in total. The van der Waals surface area contributed by atoms with Crippen molar-refractivity contribution < 1.29 is 24.2 Å². The van der Waals surface area contributed by atoms with Crippen LogP contribution in [0, 0.1) is 0 Å². The second-order valence-electron chi connectivity index (χ2n) is 7.68. The molecule has 2 aromatic carbocycles. The Morgan fingerprint density at radius 2 is 1.73 bits per heavy atom. The van der Waals surface area contributed by atoms with Crippen LogP contribution in [0.15, 0.2) is 53.9 Å². The molecule has 1 aliphatic carbocycles. The van der Waals surface area contributed by atoms with Crippen molar-refractivity contribution in [2.24, 2.45) is 0 Å². The van der Waals surface area contributed by atoms with Crippen LogP contribution in [-0.2, 0) is 16.0 Å². The first-order valence-electron chi connectivity index (χ1n) is 10.4. The third-order valence-electron chi connectivity index (χ3n) is 5.44. The number of rotatable bonds is 8. The zero-order chi connectivity index (χ0) is 23.4. The second-order valence-corrected chi connectivity index (χ2v) is 8.63. The Morgan fingerprint density at radius 1 is 1.09 bits per heavy atom. The number of hydrogen-bond acceptors (Lipinski definition) is 6. The maximum Gasteiger partial charge on any atom is 0.407 e. The molecule has 3 aromatic rings. The number of hydrogen-bond donors (Lipinski definition) is 2. The van der Waals surface area contributed by atoms with Crippen LogP contribution in [0.1, 0.15) is 32.5 Å². The minimum absolute atomic E-state index is 0.00141. The van der Waals surface area contributed by atoms with Crippen molar-refractivity contribution in [1.29, 1.82) is 0 Å². The molecule has 2 N–H and O–H groups in total. The number of carbonyl (C=O) groups is 3. The molecule has 0 aliphatic heterocycles. The van der Waals surface area contributed by atoms with Gasteiger partial charge in [-0.25, -0.2) is 9.78 Å². The van der Waals surface area contributed by atoms with Crippen molar-refractivity contribution in [3.8, 4) is 11.1 Å². The Labute approximate surface area is 194 Å². The van der Waals surface area contributed by atoms with E-state index in [2.05, 4.69) is 34.6 Å². The number of fused-ring (bicyclic) bond motifs is 3. The van der Waals surface area contributed by atoms with Gasteiger partial charge in [-0.05, 0) is 22.3 Å². The molecular formula is C24H23N3O5S. The van der Waals surface area contributed by atoms with E-state index in [1.54, 1.807) is 5.38 Å². The van der Waals surface area contributed by atoms with E-state index < -0.39 is 24.5 Å². The first-order valence-corrected chi connectivity index (χ1v) is 11.3. The summed E-state index contributed by atoms with van der Waals surface area (Å²) in [5.41, 5.74) is 4.84. The molecular weight excluding hydrogens is 442 g/mol. The molecule has 0 fully saturated rings. The number of nitrogens with one attached hydrogen (secondary N) is 1. The zero-order valence-corrected chi connectivity index (χ0v) is 18.8. The van der Waals surface area contributed by atoms with E-state index in [0.717, 1.165) is 16.0 Å². The van der Waals surface area contributed by atoms with Crippen LogP contribution in [0.3, 0.4) is 0 Å². The molecule has 0 atom stereocenters. The van der Waals surface area contributed by atoms with E-state index in [-0.39, 0.29) is 18.2 Å². The zero-order valence-electron chi connectivity index (χ0n) is 18.0. The van der Waals surface area contributed by atoms with Crippen LogP contribution in [0.2, 0.25) is 0 Å². The summed E-state index contributed by atoms with van der Waals surface area (Å²) < 4.78 is 5.51. The fraction of sp³-hybridized carbons (Fsp3) is 0.250. The number of ether oxygens (including phenoxy) is 1. The van der Waals surface area contributed by atoms with E-state index in [1.807, 2.05) is 24.3 Å². The minimum Gasteiger partial charge on any atom is -0.480 e. The molecule has 0 bridgehead atoms. The monoisotopic (exact) mass is 465 g/mol. The fourth-order valence-electron chi connectivity index (χ4n) is 3.92. The van der Waals surface area contributed by atoms with Crippen molar-refractivity contribution >= 4 is 29.3 Å². The number of aliphatic carboxylic acids is 1. The highest BCUT2D eigenvalue weighted by Crippen LogP contribution is 2.44. The van der Waals surface area contributed by atoms with Gasteiger partial charge < -0.3 is 20.1 Å². The summed E-state index contributed by atoms with van der Waals surface area (Å²) in [6.45, 7) is 0.156. The quantitative estimate of drug-likeness (QED) is 0.528. The number of aromatic nitrogens is 1. The van der Waals surface area contributed by atoms with Crippen molar-refractivity contribution in [1.82, 2.24) is 15.2 Å². The van der Waals surface area contributed by atoms with Crippen LogP contribution in [0.4, 0.5) is 4.79 Å². The Balaban J connectivity index is 1.27. The molecule has 0 saturated heterocycles. The molecule has 0 unspecified atom stereocenters. The summed E-state index contributed by atoms with van der Waals surface area (Å²) in [5.74, 6) is -1.54. The van der Waals surface area contributed by atoms with Gasteiger partial charge in [0, 0.05) is 31.3 Å². The van der Waals surface area contributed by atoms with Crippen molar-refractivity contribution in [2.45, 2.75) is 12.3 Å². The molecule has 4 rings (SSSR count). The van der Waals surface area contributed by atoms with Gasteiger partial charge in [-0.3, -0.25) is 9.59 Å². The number of carbonyl (C=O) groups excluding carboxylic acids is 2. The van der Waals surface area contributed by atoms with Crippen LogP contribution in [-0.4, -0.2) is 59.7 Å². The first-order chi connectivity index (χ1) is 15.9. The van der Waals surface area contributed by atoms with Gasteiger partial charge >= 0.3 is 12.1 Å². The number of carboxylic acids is 1. The summed E-state index contributed by atoms with van der Waals surface area (Å²) in [7, 11) is 1.41. The average Bonchev–Trinajstić information content (AvgIpc) is 3.40. The Morgan fingerprint density at radius 3 is 2.36 bits per heavy atom. The molecule has 9 heteroatoms. The molecule has 1 heterocycles. The molecule has 0 saturated carbocycles. The van der Waals surface area contributed by atoms with Gasteiger partial charge in [-0.1, -0.05) is 48.5 Å². The number of amides is 2. The van der Waals surface area contributed by atoms with Crippen LogP contribution >= 0.6 is 11.3 Å². The van der Waals surface area contributed by atoms with Gasteiger partial charge in [0.25, 0.3) is 5.91 Å². The van der Waals surface area contributed by atoms with Crippen LogP contribution in [0.25, 0.3) is 11.1 Å². The molecule has 0 radical (unpaired) electrons. The highest BCUT2D eigenvalue weighted by Gasteiger charge is 2.29. The topological polar surface area (TPSA) is 109 Å². The van der Waals surface area contributed by atoms with Crippen LogP contribution in [0.5, 0.6) is 0 Å². The molecule has 1 aromatic heterocycles. The predicted molar refractivity (Wildman–Crippen MR) is 123 cm³/mol. The second kappa shape index (κ2) is 9.83. The summed E-state index contributed by atoms with van der Waals surface area (Å²) in [6, 6.07) is 16.3. The summed E-state index contributed by atoms with van der Waals surface area (Å²) >= 11 is 1.29. The van der Waals surface area contributed by atoms with Crippen molar-refractivity contribution in [2.75, 3.05) is 26.7 Å². The van der Waals surface area contributed by atoms with E-state index in [4.69, 9.17) is 9.84 Å². The smallest absolute Gasteiger partial charge is 0.407 e. The minimum atomic E-state index is -1.09. The molecule has 2 amide bonds. The number of thiazole rings is 1. The maximum atomic E-state index is 12.3. The van der Waals surface area contributed by atoms with E-state index in [9.17, 15) is 14.4 Å². The summed E-state index contributed by atoms with van der Waals surface area (Å²) in [6.07, 6.45) is -0.0731. The number of likely N-dealkylation sites (N-methyl/N-ethyl adjacent to an activating group) is 1. The predicted octanol–water partition coefficient (Wildman–Crippen LogP) is 3.38. The lowest BCUT2D eigenvalue weighted by Crippen LogP contribution is -2.32. The van der Waals surface area contributed by atoms with Gasteiger partial charge in [0.2, 0.25) is 0 Å². The van der Waals surface area contributed by atoms with Gasteiger partial charge in [0.05, 0.1) is 5.01 Å². The SMILES string of the molecule is CN(CC(=O)O)C(=O)c1csc(CCNC(=O)OCC2c3ccccc3-c3ccccc32)n1. The van der Waals surface area contributed by atoms with Crippen molar-refractivity contribution in [3.05, 3.63) is 75.7 Å². The lowest BCUT2D eigenvalue weighted by Gasteiger charge is -2.14. The Bertz CT molecular complexity index is 1150. The van der Waals surface area contributed by atoms with Gasteiger partial charge in [0.1, 0.15) is 18.8 Å². The highest BCUT2D eigenvalue weighted by atomic mass is 32.1. The molecule has 1 aliphatic rings. The van der Waals surface area contributed by atoms with E-state index in [0.29, 0.717) is 18.0 Å². The van der Waals surface area contributed by atoms with Gasteiger partial charge in [-0.2, -0.15) is 0 Å². The summed E-state index contributed by atoms with van der Waals surface area (Å²) in [4.78, 5) is 40.5. The number of nitrogens with zero attached hydrogens (tertiary/aromatic N) is 2. The van der Waals surface area contributed by atoms with Crippen molar-refractivity contribution in [3.63, 3.8) is 0 Å². The Hall–Kier alpha value is -3.72. The maximum absolute atomic E-state index is 12.3. The molecule has 33 heavy (non-hydrogen) atoms. The first kappa shape index (κ1) is 22.5. The van der Waals surface area contributed by atoms with E-state index in [1.165, 1.54) is 29.5 Å². The standard InChI is InChI=1S/C24H23N3O5S/c1-27(12-22(28)29)23(30)20-14-33-21(26-20)10-11-25-24(31)32-13-19-17-8-4-2-6-15(17)16-7-3-5-9-18(16)19/h2-9,14,19H,10-13H2,1H3,(H,25,31)(H,28,29). The largest absolute Gasteiger partial charge is 0.480 e. The summed E-state index contributed by atoms with van der Waals surface area (Å²) in [5, 5.41) is 13.8. The molecule has 170 valence electrons. The number of alkyl carbamates (subject to hydrolysis) is 1. The highest BCUT2D eigenvalue weighted by molar-refractivity contribution is 7.09. The van der Waals surface area contributed by atoms with E-state index >= 15 is 0 Å². The lowest BCUT2D eigenvalue weighted by atomic mass is 9.98. The van der Waals surface area contributed by atoms with Crippen LogP contribution < -0.4 is 5.32 Å². The Kier molecular flexibility index (Phi) is 6.69. The molecule has 0 spiro atoms. The normalized spacial score (nSPS) is 12.0. The van der Waals surface area contributed by atoms with Gasteiger partial charge in [0.15, 0.2) is 0 Å². The number of carboxylic acid groups (broad SMARTS) is 1. The van der Waals surface area contributed by atoms with Gasteiger partial charge in [-0.15, -0.1) is 11.3 Å². The third-order valence-corrected chi connectivity index (χ3v) is 6.35. The third kappa shape index (κ3) is 5.04.